The standard InChI is InChI=1S/C18H18FN3O4S/c1-10-13-7-15(16(24)20-14(9-23)18(25)26-2)27-17(13)22(21-10)8-11-3-5-12(19)6-4-11/h3-7,14,23H,8-9H2,1-2H3,(H,20,24)/t14-/m1/s1. The Kier molecular flexibility index (Phi) is 5.52. The lowest BCUT2D eigenvalue weighted by atomic mass is 10.2. The summed E-state index contributed by atoms with van der Waals surface area (Å²) in [4.78, 5) is 25.1. The number of aromatic nitrogens is 2. The number of halogens is 1. The average Bonchev–Trinajstić information content (AvgIpc) is 3.22. The van der Waals surface area contributed by atoms with Crippen LogP contribution in [0.2, 0.25) is 0 Å². The van der Waals surface area contributed by atoms with Crippen molar-refractivity contribution >= 4 is 33.4 Å². The minimum absolute atomic E-state index is 0.306. The first-order chi connectivity index (χ1) is 12.9. The Morgan fingerprint density at radius 1 is 1.37 bits per heavy atom. The summed E-state index contributed by atoms with van der Waals surface area (Å²) in [5.74, 6) is -1.50. The largest absolute Gasteiger partial charge is 0.467 e. The van der Waals surface area contributed by atoms with Gasteiger partial charge in [-0.1, -0.05) is 12.1 Å². The Morgan fingerprint density at radius 3 is 2.70 bits per heavy atom. The molecule has 0 aliphatic heterocycles. The number of fused-ring (bicyclic) bond motifs is 1. The molecule has 2 N–H and O–H groups in total. The van der Waals surface area contributed by atoms with Crippen molar-refractivity contribution in [1.82, 2.24) is 15.1 Å². The van der Waals surface area contributed by atoms with Gasteiger partial charge in [-0.15, -0.1) is 11.3 Å². The number of benzene rings is 1. The van der Waals surface area contributed by atoms with E-state index in [-0.39, 0.29) is 5.82 Å². The molecule has 0 aliphatic rings. The van der Waals surface area contributed by atoms with Gasteiger partial charge in [-0.2, -0.15) is 5.10 Å². The number of carbonyl (C=O) groups is 2. The van der Waals surface area contributed by atoms with Gasteiger partial charge in [0.25, 0.3) is 5.91 Å². The molecule has 7 nitrogen and oxygen atoms in total. The van der Waals surface area contributed by atoms with Crippen LogP contribution >= 0.6 is 11.3 Å². The summed E-state index contributed by atoms with van der Waals surface area (Å²) < 4.78 is 19.4. The summed E-state index contributed by atoms with van der Waals surface area (Å²) >= 11 is 1.23. The fraction of sp³-hybridized carbons (Fsp3) is 0.278. The third kappa shape index (κ3) is 3.99. The highest BCUT2D eigenvalue weighted by atomic mass is 32.1. The van der Waals surface area contributed by atoms with E-state index in [1.807, 2.05) is 6.92 Å². The second-order valence-corrected chi connectivity index (χ2v) is 6.96. The van der Waals surface area contributed by atoms with Crippen molar-refractivity contribution in [2.24, 2.45) is 0 Å². The molecule has 0 radical (unpaired) electrons. The molecule has 3 rings (SSSR count). The maximum atomic E-state index is 13.1. The van der Waals surface area contributed by atoms with Crippen molar-refractivity contribution in [3.8, 4) is 0 Å². The van der Waals surface area contributed by atoms with Gasteiger partial charge in [0.05, 0.1) is 30.8 Å². The van der Waals surface area contributed by atoms with Crippen LogP contribution in [0.3, 0.4) is 0 Å². The van der Waals surface area contributed by atoms with Crippen LogP contribution in [0, 0.1) is 12.7 Å². The number of aliphatic hydroxyl groups excluding tert-OH is 1. The number of ether oxygens (including phenoxy) is 1. The zero-order valence-corrected chi connectivity index (χ0v) is 15.5. The fourth-order valence-corrected chi connectivity index (χ4v) is 3.71. The van der Waals surface area contributed by atoms with Gasteiger partial charge in [0.1, 0.15) is 10.6 Å². The number of methoxy groups -OCH3 is 1. The highest BCUT2D eigenvalue weighted by Crippen LogP contribution is 2.29. The molecule has 2 aromatic heterocycles. The first-order valence-corrected chi connectivity index (χ1v) is 8.95. The molecular formula is C18H18FN3O4S. The minimum Gasteiger partial charge on any atom is -0.467 e. The minimum atomic E-state index is -1.12. The maximum Gasteiger partial charge on any atom is 0.330 e. The highest BCUT2D eigenvalue weighted by Gasteiger charge is 2.23. The smallest absolute Gasteiger partial charge is 0.330 e. The van der Waals surface area contributed by atoms with E-state index in [4.69, 9.17) is 0 Å². The lowest BCUT2D eigenvalue weighted by Gasteiger charge is -2.12. The Balaban J connectivity index is 1.85. The SMILES string of the molecule is COC(=O)[C@@H](CO)NC(=O)c1cc2c(C)nn(Cc3ccc(F)cc3)c2s1. The fourth-order valence-electron chi connectivity index (χ4n) is 2.65. The van der Waals surface area contributed by atoms with E-state index >= 15 is 0 Å². The van der Waals surface area contributed by atoms with E-state index in [2.05, 4.69) is 15.2 Å². The first-order valence-electron chi connectivity index (χ1n) is 8.14. The van der Waals surface area contributed by atoms with Crippen molar-refractivity contribution in [2.75, 3.05) is 13.7 Å². The van der Waals surface area contributed by atoms with Crippen LogP contribution < -0.4 is 5.32 Å². The number of nitrogens with one attached hydrogen (secondary N) is 1. The van der Waals surface area contributed by atoms with Crippen molar-refractivity contribution < 1.29 is 23.8 Å². The number of hydrogen-bond donors (Lipinski definition) is 2. The van der Waals surface area contributed by atoms with Gasteiger partial charge in [0.15, 0.2) is 6.04 Å². The molecule has 0 unspecified atom stereocenters. The Hall–Kier alpha value is -2.78. The Morgan fingerprint density at radius 2 is 2.07 bits per heavy atom. The number of esters is 1. The molecule has 0 spiro atoms. The number of amides is 1. The normalized spacial score (nSPS) is 12.1. The molecule has 3 aromatic rings. The van der Waals surface area contributed by atoms with Crippen LogP contribution in [0.15, 0.2) is 30.3 Å². The zero-order chi connectivity index (χ0) is 19.6. The molecule has 9 heteroatoms. The third-order valence-corrected chi connectivity index (χ3v) is 5.20. The number of nitrogens with zero attached hydrogens (tertiary/aromatic N) is 2. The lowest BCUT2D eigenvalue weighted by Crippen LogP contribution is -2.43. The molecule has 0 aliphatic carbocycles. The van der Waals surface area contributed by atoms with E-state index in [0.29, 0.717) is 11.4 Å². The molecule has 1 atom stereocenters. The number of aliphatic hydroxyl groups is 1. The van der Waals surface area contributed by atoms with E-state index < -0.39 is 24.5 Å². The van der Waals surface area contributed by atoms with E-state index in [1.54, 1.807) is 22.9 Å². The summed E-state index contributed by atoms with van der Waals surface area (Å²) in [5, 5.41) is 17.0. The van der Waals surface area contributed by atoms with Gasteiger partial charge in [-0.3, -0.25) is 9.48 Å². The van der Waals surface area contributed by atoms with Crippen LogP contribution in [-0.2, 0) is 16.1 Å². The summed E-state index contributed by atoms with van der Waals surface area (Å²) in [6.07, 6.45) is 0. The molecule has 0 saturated heterocycles. The monoisotopic (exact) mass is 391 g/mol. The van der Waals surface area contributed by atoms with Gasteiger partial charge in [-0.25, -0.2) is 9.18 Å². The second-order valence-electron chi connectivity index (χ2n) is 5.93. The van der Waals surface area contributed by atoms with Crippen LogP contribution in [0.4, 0.5) is 4.39 Å². The van der Waals surface area contributed by atoms with Crippen molar-refractivity contribution in [3.05, 3.63) is 52.3 Å². The first kappa shape index (κ1) is 19.0. The molecule has 1 amide bonds. The Labute approximate surface area is 158 Å². The molecule has 1 aromatic carbocycles. The highest BCUT2D eigenvalue weighted by molar-refractivity contribution is 7.20. The summed E-state index contributed by atoms with van der Waals surface area (Å²) in [6.45, 7) is 1.72. The molecule has 0 saturated carbocycles. The number of hydrogen-bond acceptors (Lipinski definition) is 6. The summed E-state index contributed by atoms with van der Waals surface area (Å²) in [6, 6.07) is 6.72. The topological polar surface area (TPSA) is 93.4 Å². The lowest BCUT2D eigenvalue weighted by molar-refractivity contribution is -0.143. The second kappa shape index (κ2) is 7.85. The molecule has 142 valence electrons. The molecule has 27 heavy (non-hydrogen) atoms. The van der Waals surface area contributed by atoms with Gasteiger partial charge in [-0.05, 0) is 30.7 Å². The average molecular weight is 391 g/mol. The number of rotatable bonds is 6. The van der Waals surface area contributed by atoms with Crippen molar-refractivity contribution in [3.63, 3.8) is 0 Å². The van der Waals surface area contributed by atoms with Gasteiger partial charge < -0.3 is 15.2 Å². The molecule has 0 bridgehead atoms. The van der Waals surface area contributed by atoms with Gasteiger partial charge >= 0.3 is 5.97 Å². The van der Waals surface area contributed by atoms with Crippen LogP contribution in [0.1, 0.15) is 20.9 Å². The van der Waals surface area contributed by atoms with Crippen LogP contribution in [0.5, 0.6) is 0 Å². The van der Waals surface area contributed by atoms with E-state index in [0.717, 1.165) is 21.5 Å². The van der Waals surface area contributed by atoms with Gasteiger partial charge in [0.2, 0.25) is 0 Å². The third-order valence-electron chi connectivity index (χ3n) is 4.05. The number of aryl methyl sites for hydroxylation is 1. The predicted molar refractivity (Wildman–Crippen MR) is 98.2 cm³/mol. The maximum absolute atomic E-state index is 13.1. The Bertz CT molecular complexity index is 981. The van der Waals surface area contributed by atoms with Crippen molar-refractivity contribution in [1.29, 1.82) is 0 Å². The van der Waals surface area contributed by atoms with Crippen LogP contribution in [-0.4, -0.2) is 46.5 Å². The number of thiophene rings is 1. The molecular weight excluding hydrogens is 373 g/mol. The van der Waals surface area contributed by atoms with E-state index in [1.165, 1.54) is 30.6 Å². The predicted octanol–water partition coefficient (Wildman–Crippen LogP) is 1.86. The summed E-state index contributed by atoms with van der Waals surface area (Å²) in [5.41, 5.74) is 1.64. The molecule has 0 fully saturated rings. The van der Waals surface area contributed by atoms with Crippen LogP contribution in [0.25, 0.3) is 10.2 Å². The number of carbonyl (C=O) groups excluding carboxylic acids is 2. The van der Waals surface area contributed by atoms with Crippen molar-refractivity contribution in [2.45, 2.75) is 19.5 Å². The van der Waals surface area contributed by atoms with E-state index in [9.17, 15) is 19.1 Å². The zero-order valence-electron chi connectivity index (χ0n) is 14.7. The summed E-state index contributed by atoms with van der Waals surface area (Å²) in [7, 11) is 1.18. The quantitative estimate of drug-likeness (QED) is 0.626. The molecule has 2 heterocycles. The van der Waals surface area contributed by atoms with Gasteiger partial charge in [0, 0.05) is 5.39 Å².